The fraction of sp³-hybridized carbons (Fsp3) is 0.417. The Labute approximate surface area is 122 Å². The average molecular weight is 359 g/mol. The fourth-order valence-corrected chi connectivity index (χ4v) is 2.11. The molecule has 7 heteroatoms. The van der Waals surface area contributed by atoms with Gasteiger partial charge in [0.25, 0.3) is 0 Å². The molecule has 0 aromatic heterocycles. The van der Waals surface area contributed by atoms with Gasteiger partial charge in [0, 0.05) is 22.5 Å². The van der Waals surface area contributed by atoms with Crippen molar-refractivity contribution in [2.75, 3.05) is 11.2 Å². The van der Waals surface area contributed by atoms with Crippen molar-refractivity contribution in [3.63, 3.8) is 0 Å². The molecule has 2 nitrogen and oxygen atoms in total. The number of unbranched alkanes of at least 4 members (excludes halogenated alkanes) is 1. The molecule has 0 aliphatic rings. The van der Waals surface area contributed by atoms with Gasteiger partial charge in [-0.2, -0.15) is 13.2 Å². The van der Waals surface area contributed by atoms with Crippen LogP contribution in [-0.4, -0.2) is 11.8 Å². The Kier molecular flexibility index (Phi) is 6.13. The monoisotopic (exact) mass is 357 g/mol. The topological polar surface area (TPSA) is 29.1 Å². The van der Waals surface area contributed by atoms with Crippen LogP contribution in [0.2, 0.25) is 0 Å². The van der Waals surface area contributed by atoms with Crippen LogP contribution < -0.4 is 5.32 Å². The van der Waals surface area contributed by atoms with E-state index in [2.05, 4.69) is 21.2 Å². The molecule has 19 heavy (non-hydrogen) atoms. The highest BCUT2D eigenvalue weighted by Crippen LogP contribution is 2.33. The van der Waals surface area contributed by atoms with E-state index in [0.717, 1.165) is 12.1 Å². The van der Waals surface area contributed by atoms with Crippen molar-refractivity contribution in [2.24, 2.45) is 0 Å². The van der Waals surface area contributed by atoms with Gasteiger partial charge in [0.1, 0.15) is 0 Å². The van der Waals surface area contributed by atoms with E-state index in [1.165, 1.54) is 6.07 Å². The fourth-order valence-electron chi connectivity index (χ4n) is 1.43. The zero-order valence-electron chi connectivity index (χ0n) is 9.86. The van der Waals surface area contributed by atoms with Crippen LogP contribution in [0.15, 0.2) is 22.7 Å². The van der Waals surface area contributed by atoms with Gasteiger partial charge in [0.2, 0.25) is 5.91 Å². The highest BCUT2D eigenvalue weighted by molar-refractivity contribution is 9.10. The zero-order chi connectivity index (χ0) is 14.5. The van der Waals surface area contributed by atoms with Crippen molar-refractivity contribution in [3.8, 4) is 0 Å². The summed E-state index contributed by atoms with van der Waals surface area (Å²) in [5.41, 5.74) is -0.685. The third-order valence-corrected chi connectivity index (χ3v) is 3.02. The van der Waals surface area contributed by atoms with Crippen molar-refractivity contribution < 1.29 is 18.0 Å². The SMILES string of the molecule is O=C(CCCCCl)Nc1cc(Br)cc(C(F)(F)F)c1. The number of benzene rings is 1. The maximum atomic E-state index is 12.6. The number of halogens is 5. The maximum Gasteiger partial charge on any atom is 0.416 e. The van der Waals surface area contributed by atoms with Crippen molar-refractivity contribution in [2.45, 2.75) is 25.4 Å². The minimum Gasteiger partial charge on any atom is -0.326 e. The predicted octanol–water partition coefficient (Wildman–Crippen LogP) is 4.82. The average Bonchev–Trinajstić information content (AvgIpc) is 2.27. The second kappa shape index (κ2) is 7.14. The zero-order valence-corrected chi connectivity index (χ0v) is 12.2. The van der Waals surface area contributed by atoms with Crippen LogP contribution in [0.1, 0.15) is 24.8 Å². The molecule has 0 spiro atoms. The van der Waals surface area contributed by atoms with Crippen LogP contribution in [0.25, 0.3) is 0 Å². The van der Waals surface area contributed by atoms with Gasteiger partial charge in [-0.05, 0) is 31.0 Å². The standard InChI is InChI=1S/C12H12BrClF3NO/c13-9-5-8(12(15,16)17)6-10(7-9)18-11(19)3-1-2-4-14/h5-7H,1-4H2,(H,18,19). The van der Waals surface area contributed by atoms with Crippen molar-refractivity contribution >= 4 is 39.1 Å². The van der Waals surface area contributed by atoms with E-state index in [-0.39, 0.29) is 22.5 Å². The van der Waals surface area contributed by atoms with E-state index >= 15 is 0 Å². The molecule has 106 valence electrons. The minimum atomic E-state index is -4.44. The Morgan fingerprint density at radius 1 is 1.26 bits per heavy atom. The Bertz CT molecular complexity index is 451. The molecule has 1 rings (SSSR count). The predicted molar refractivity (Wildman–Crippen MR) is 72.3 cm³/mol. The van der Waals surface area contributed by atoms with Crippen LogP contribution in [0.5, 0.6) is 0 Å². The number of amides is 1. The summed E-state index contributed by atoms with van der Waals surface area (Å²) < 4.78 is 38.0. The number of nitrogens with one attached hydrogen (secondary N) is 1. The quantitative estimate of drug-likeness (QED) is 0.593. The molecule has 1 N–H and O–H groups in total. The lowest BCUT2D eigenvalue weighted by Gasteiger charge is -2.11. The molecule has 1 amide bonds. The summed E-state index contributed by atoms with van der Waals surface area (Å²) in [6.45, 7) is 0. The summed E-state index contributed by atoms with van der Waals surface area (Å²) in [6, 6.07) is 3.29. The van der Waals surface area contributed by atoms with Gasteiger partial charge in [-0.25, -0.2) is 0 Å². The number of hydrogen-bond acceptors (Lipinski definition) is 1. The van der Waals surface area contributed by atoms with Crippen LogP contribution in [0, 0.1) is 0 Å². The molecule has 0 radical (unpaired) electrons. The van der Waals surface area contributed by atoms with E-state index in [4.69, 9.17) is 11.6 Å². The molecule has 0 aliphatic heterocycles. The summed E-state index contributed by atoms with van der Waals surface area (Å²) in [7, 11) is 0. The third-order valence-electron chi connectivity index (χ3n) is 2.30. The summed E-state index contributed by atoms with van der Waals surface area (Å²) in [5.74, 6) is 0.138. The molecule has 0 bridgehead atoms. The first kappa shape index (κ1) is 16.3. The molecule has 0 atom stereocenters. The number of carbonyl (C=O) groups is 1. The molecule has 0 aliphatic carbocycles. The largest absolute Gasteiger partial charge is 0.416 e. The number of carbonyl (C=O) groups excluding carboxylic acids is 1. The lowest BCUT2D eigenvalue weighted by molar-refractivity contribution is -0.137. The molecule has 0 unspecified atom stereocenters. The van der Waals surface area contributed by atoms with Gasteiger partial charge >= 0.3 is 6.18 Å². The normalized spacial score (nSPS) is 11.4. The number of alkyl halides is 4. The Morgan fingerprint density at radius 3 is 2.53 bits per heavy atom. The Hall–Kier alpha value is -0.750. The van der Waals surface area contributed by atoms with Gasteiger partial charge in [-0.1, -0.05) is 15.9 Å². The Balaban J connectivity index is 2.73. The summed E-state index contributed by atoms with van der Waals surface area (Å²) in [6.07, 6.45) is -2.90. The van der Waals surface area contributed by atoms with Crippen molar-refractivity contribution in [1.29, 1.82) is 0 Å². The van der Waals surface area contributed by atoms with E-state index in [9.17, 15) is 18.0 Å². The first-order chi connectivity index (χ1) is 8.82. The minimum absolute atomic E-state index is 0.123. The second-order valence-corrected chi connectivity index (χ2v) is 5.21. The summed E-state index contributed by atoms with van der Waals surface area (Å²) in [5, 5.41) is 2.44. The van der Waals surface area contributed by atoms with E-state index in [1.54, 1.807) is 0 Å². The molecule has 0 saturated carbocycles. The van der Waals surface area contributed by atoms with E-state index < -0.39 is 11.7 Å². The summed E-state index contributed by atoms with van der Waals surface area (Å²) in [4.78, 5) is 11.5. The van der Waals surface area contributed by atoms with Crippen LogP contribution in [0.3, 0.4) is 0 Å². The maximum absolute atomic E-state index is 12.6. The first-order valence-corrected chi connectivity index (χ1v) is 6.89. The van der Waals surface area contributed by atoms with Crippen molar-refractivity contribution in [3.05, 3.63) is 28.2 Å². The highest BCUT2D eigenvalue weighted by atomic mass is 79.9. The lowest BCUT2D eigenvalue weighted by Crippen LogP contribution is -2.12. The molecular formula is C12H12BrClF3NO. The molecule has 0 saturated heterocycles. The number of hydrogen-bond donors (Lipinski definition) is 1. The molecule has 1 aromatic carbocycles. The third kappa shape index (κ3) is 5.82. The van der Waals surface area contributed by atoms with Crippen molar-refractivity contribution in [1.82, 2.24) is 0 Å². The van der Waals surface area contributed by atoms with E-state index in [1.807, 2.05) is 0 Å². The van der Waals surface area contributed by atoms with Gasteiger partial charge in [0.05, 0.1) is 5.56 Å². The smallest absolute Gasteiger partial charge is 0.326 e. The van der Waals surface area contributed by atoms with E-state index in [0.29, 0.717) is 18.7 Å². The molecule has 0 fully saturated rings. The second-order valence-electron chi connectivity index (χ2n) is 3.92. The van der Waals surface area contributed by atoms with Crippen LogP contribution in [0.4, 0.5) is 18.9 Å². The van der Waals surface area contributed by atoms with Gasteiger partial charge in [-0.3, -0.25) is 4.79 Å². The first-order valence-electron chi connectivity index (χ1n) is 5.56. The van der Waals surface area contributed by atoms with Gasteiger partial charge in [0.15, 0.2) is 0 Å². The summed E-state index contributed by atoms with van der Waals surface area (Å²) >= 11 is 8.46. The molecule has 0 heterocycles. The molecule has 1 aromatic rings. The van der Waals surface area contributed by atoms with Gasteiger partial charge < -0.3 is 5.32 Å². The van der Waals surface area contributed by atoms with Crippen LogP contribution >= 0.6 is 27.5 Å². The van der Waals surface area contributed by atoms with Gasteiger partial charge in [-0.15, -0.1) is 11.6 Å². The molecular weight excluding hydrogens is 346 g/mol. The lowest BCUT2D eigenvalue weighted by atomic mass is 10.2. The number of rotatable bonds is 5. The Morgan fingerprint density at radius 2 is 1.95 bits per heavy atom. The highest BCUT2D eigenvalue weighted by Gasteiger charge is 2.31. The number of anilines is 1. The van der Waals surface area contributed by atoms with Crippen LogP contribution in [-0.2, 0) is 11.0 Å².